The predicted molar refractivity (Wildman–Crippen MR) is 142 cm³/mol. The molecule has 2 saturated heterocycles. The molecule has 39 heavy (non-hydrogen) atoms. The van der Waals surface area contributed by atoms with Gasteiger partial charge in [0.25, 0.3) is 0 Å². The van der Waals surface area contributed by atoms with Gasteiger partial charge >= 0.3 is 145 Å². The van der Waals surface area contributed by atoms with Crippen LogP contribution < -0.4 is 36.2 Å². The topological polar surface area (TPSA) is 101 Å². The van der Waals surface area contributed by atoms with Crippen molar-refractivity contribution >= 4 is 17.8 Å². The van der Waals surface area contributed by atoms with E-state index in [1.54, 1.807) is 24.1 Å². The van der Waals surface area contributed by atoms with Gasteiger partial charge in [0.15, 0.2) is 5.82 Å². The Morgan fingerprint density at radius 1 is 1.28 bits per heavy atom. The summed E-state index contributed by atoms with van der Waals surface area (Å²) in [7, 11) is 1.70. The van der Waals surface area contributed by atoms with Gasteiger partial charge in [0.05, 0.1) is 0 Å². The van der Waals surface area contributed by atoms with Gasteiger partial charge in [-0.1, -0.05) is 38.3 Å². The Balaban J connectivity index is 1.08. The number of aromatic nitrogens is 2. The number of amides is 2. The van der Waals surface area contributed by atoms with Crippen LogP contribution in [-0.2, 0) is 16.0 Å². The van der Waals surface area contributed by atoms with Crippen molar-refractivity contribution < 1.29 is 44.4 Å². The zero-order valence-electron chi connectivity index (χ0n) is 23.1. The first-order valence-electron chi connectivity index (χ1n) is 13.9. The van der Waals surface area contributed by atoms with Crippen LogP contribution >= 0.6 is 0 Å². The van der Waals surface area contributed by atoms with E-state index < -0.39 is 5.82 Å². The second-order valence-electron chi connectivity index (χ2n) is 10.7. The third-order valence-corrected chi connectivity index (χ3v) is 10.2. The number of ether oxygens (including phenoxy) is 1. The van der Waals surface area contributed by atoms with Crippen LogP contribution in [0.3, 0.4) is 0 Å². The number of piperidine rings is 1. The molecule has 216 valence electrons. The van der Waals surface area contributed by atoms with Crippen LogP contribution in [0.5, 0.6) is 5.75 Å². The van der Waals surface area contributed by atoms with Gasteiger partial charge in [0.2, 0.25) is 0 Å². The standard InChI is InChI=1S/C28H40FIN5O4/c1-19(2)27-32-28(39-33-27)35-12-10-20(11-13-35)7-5-4-6-14-38-22-9-8-21(23(29)16-22)15-26(37)34(3)18-24-30-17-25(36)31-24/h8-9,16,19-20,24H,4-7,10-15,17-18H2,1-3H3,(H,31,36)/q-1. The fourth-order valence-electron chi connectivity index (χ4n) is 4.81. The number of anilines is 1. The van der Waals surface area contributed by atoms with Crippen molar-refractivity contribution in [3.8, 4) is 5.75 Å². The summed E-state index contributed by atoms with van der Waals surface area (Å²) in [6, 6.07) is 5.38. The van der Waals surface area contributed by atoms with E-state index in [-0.39, 0.29) is 49.4 Å². The molecule has 0 radical (unpaired) electrons. The number of nitrogens with one attached hydrogen (secondary N) is 1. The second kappa shape index (κ2) is 14.3. The third-order valence-electron chi connectivity index (χ3n) is 7.29. The summed E-state index contributed by atoms with van der Waals surface area (Å²) in [4.78, 5) is 32.2. The molecule has 0 bridgehead atoms. The molecule has 2 fully saturated rings. The summed E-state index contributed by atoms with van der Waals surface area (Å²) < 4.78 is 26.5. The van der Waals surface area contributed by atoms with E-state index in [1.165, 1.54) is 12.5 Å². The summed E-state index contributed by atoms with van der Waals surface area (Å²) in [5, 5.41) is 6.97. The maximum absolute atomic E-state index is 14.6. The number of carbonyl (C=O) groups excluding carboxylic acids is 2. The van der Waals surface area contributed by atoms with Crippen LogP contribution in [0, 0.1) is 11.7 Å². The number of nitrogens with zero attached hydrogens (tertiary/aromatic N) is 4. The summed E-state index contributed by atoms with van der Waals surface area (Å²) in [6.45, 7) is 7.07. The summed E-state index contributed by atoms with van der Waals surface area (Å²) >= 11 is -0.274. The van der Waals surface area contributed by atoms with E-state index in [1.807, 2.05) is 0 Å². The molecule has 2 amide bonds. The van der Waals surface area contributed by atoms with Crippen LogP contribution in [0.4, 0.5) is 10.4 Å². The Bertz CT molecular complexity index is 1110. The van der Waals surface area contributed by atoms with Gasteiger partial charge in [-0.15, -0.1) is 0 Å². The number of alkyl halides is 2. The maximum Gasteiger partial charge on any atom is 0.0225 e. The molecule has 0 aliphatic carbocycles. The molecule has 1 N–H and O–H groups in total. The summed E-state index contributed by atoms with van der Waals surface area (Å²) in [5.41, 5.74) is 0.356. The Kier molecular flexibility index (Phi) is 10.8. The number of benzene rings is 1. The first kappa shape index (κ1) is 29.5. The van der Waals surface area contributed by atoms with Crippen molar-refractivity contribution in [2.45, 2.75) is 68.8 Å². The van der Waals surface area contributed by atoms with E-state index in [9.17, 15) is 14.0 Å². The van der Waals surface area contributed by atoms with E-state index in [4.69, 9.17) is 9.26 Å². The van der Waals surface area contributed by atoms with Crippen LogP contribution in [0.1, 0.15) is 69.7 Å². The number of rotatable bonds is 13. The molecule has 2 aromatic rings. The Morgan fingerprint density at radius 3 is 2.74 bits per heavy atom. The number of carbonyl (C=O) groups is 2. The molecule has 11 heteroatoms. The Labute approximate surface area is 240 Å². The van der Waals surface area contributed by atoms with Gasteiger partial charge in [-0.2, -0.15) is 4.98 Å². The maximum atomic E-state index is 14.6. The van der Waals surface area contributed by atoms with Gasteiger partial charge in [-0.3, -0.25) is 0 Å². The fourth-order valence-corrected chi connectivity index (χ4v) is 7.40. The molecule has 9 nitrogen and oxygen atoms in total. The van der Waals surface area contributed by atoms with Crippen molar-refractivity contribution in [2.24, 2.45) is 5.92 Å². The molecule has 1 atom stereocenters. The molecule has 0 spiro atoms. The molecular formula is C28H40FIN5O4-. The average Bonchev–Trinajstić information content (AvgIpc) is 3.57. The van der Waals surface area contributed by atoms with E-state index in [0.717, 1.165) is 56.9 Å². The molecule has 1 aromatic carbocycles. The SMILES string of the molecule is CC(C)c1noc(N2CCC(CCCCCOc3ccc(CC(=O)N(C)CC4NC(=O)C[I-]4)c(F)c3)CC2)n1. The average molecular weight is 657 g/mol. The smallest absolute Gasteiger partial charge is 0.0225 e. The van der Waals surface area contributed by atoms with Crippen LogP contribution in [0.25, 0.3) is 0 Å². The zero-order valence-corrected chi connectivity index (χ0v) is 25.3. The monoisotopic (exact) mass is 656 g/mol. The molecule has 1 unspecified atom stereocenters. The molecule has 3 heterocycles. The van der Waals surface area contributed by atoms with Crippen molar-refractivity contribution in [1.82, 2.24) is 20.4 Å². The predicted octanol–water partition coefficient (Wildman–Crippen LogP) is 0.734. The van der Waals surface area contributed by atoms with Crippen molar-refractivity contribution in [3.63, 3.8) is 0 Å². The normalized spacial score (nSPS) is 18.2. The minimum atomic E-state index is -0.428. The molecular weight excluding hydrogens is 616 g/mol. The summed E-state index contributed by atoms with van der Waals surface area (Å²) in [5.74, 6) is 1.72. The first-order valence-corrected chi connectivity index (χ1v) is 16.7. The minimum Gasteiger partial charge on any atom is -0.176 e. The number of likely N-dealkylation sites (N-methyl/N-ethyl adjacent to an activating group) is 1. The van der Waals surface area contributed by atoms with Crippen molar-refractivity contribution in [2.75, 3.05) is 42.6 Å². The third kappa shape index (κ3) is 8.77. The largest absolute Gasteiger partial charge is 0.176 e. The quantitative estimate of drug-likeness (QED) is 0.147. The van der Waals surface area contributed by atoms with Crippen LogP contribution in [-0.4, -0.2) is 68.6 Å². The van der Waals surface area contributed by atoms with E-state index in [2.05, 4.69) is 34.2 Å². The Morgan fingerprint density at radius 2 is 2.08 bits per heavy atom. The van der Waals surface area contributed by atoms with Gasteiger partial charge < -0.3 is 9.42 Å². The van der Waals surface area contributed by atoms with Gasteiger partial charge in [0.1, 0.15) is 0 Å². The molecule has 0 saturated carbocycles. The van der Waals surface area contributed by atoms with Crippen LogP contribution in [0.15, 0.2) is 22.7 Å². The number of unbranched alkanes of at least 4 members (excludes halogenated alkanes) is 2. The Hall–Kier alpha value is -2.44. The second-order valence-corrected chi connectivity index (χ2v) is 13.9. The van der Waals surface area contributed by atoms with Crippen molar-refractivity contribution in [3.05, 3.63) is 35.4 Å². The first-order chi connectivity index (χ1) is 18.8. The van der Waals surface area contributed by atoms with Crippen LogP contribution in [0.2, 0.25) is 0 Å². The number of halogens is 2. The molecule has 4 rings (SSSR count). The van der Waals surface area contributed by atoms with Gasteiger partial charge in [-0.05, 0) is 18.8 Å². The molecule has 2 aliphatic heterocycles. The molecule has 2 aliphatic rings. The minimum absolute atomic E-state index is 0.00553. The van der Waals surface area contributed by atoms with E-state index >= 15 is 0 Å². The zero-order chi connectivity index (χ0) is 27.8. The van der Waals surface area contributed by atoms with Crippen molar-refractivity contribution in [1.29, 1.82) is 0 Å². The van der Waals surface area contributed by atoms with Gasteiger partial charge in [-0.25, -0.2) is 0 Å². The number of hydrogen-bond acceptors (Lipinski definition) is 7. The fraction of sp³-hybridized carbons (Fsp3) is 0.643. The molecule has 1 aromatic heterocycles. The number of hydrogen-bond donors (Lipinski definition) is 1. The summed E-state index contributed by atoms with van der Waals surface area (Å²) in [6.07, 6.45) is 6.63. The van der Waals surface area contributed by atoms with E-state index in [0.29, 0.717) is 34.9 Å². The van der Waals surface area contributed by atoms with Gasteiger partial charge in [0, 0.05) is 19.0 Å².